The van der Waals surface area contributed by atoms with Crippen LogP contribution in [0, 0.1) is 33.5 Å². The van der Waals surface area contributed by atoms with Gasteiger partial charge < -0.3 is 42.5 Å². The molecule has 16 nitrogen and oxygen atoms in total. The molecular formula is C46H69FN9O7Pd-. The third-order valence-corrected chi connectivity index (χ3v) is 12.6. The quantitative estimate of drug-likeness (QED) is 0.0971. The summed E-state index contributed by atoms with van der Waals surface area (Å²) in [6.07, 6.45) is 7.45. The van der Waals surface area contributed by atoms with Crippen molar-refractivity contribution in [3.8, 4) is 0 Å². The molecule has 9 rings (SSSR count). The number of hydrogen-bond acceptors (Lipinski definition) is 14. The molecule has 6 saturated heterocycles. The van der Waals surface area contributed by atoms with Crippen LogP contribution in [0.1, 0.15) is 38.5 Å². The van der Waals surface area contributed by atoms with Crippen molar-refractivity contribution in [3.05, 3.63) is 106 Å². The van der Waals surface area contributed by atoms with Crippen molar-refractivity contribution >= 4 is 28.4 Å². The van der Waals surface area contributed by atoms with Crippen LogP contribution in [0.15, 0.2) is 72.8 Å². The number of benzene rings is 3. The number of hydrogen-bond donors (Lipinski definition) is 2. The second kappa shape index (κ2) is 28.3. The van der Waals surface area contributed by atoms with E-state index in [2.05, 4.69) is 41.9 Å². The molecule has 0 spiro atoms. The van der Waals surface area contributed by atoms with E-state index in [0.29, 0.717) is 6.04 Å². The van der Waals surface area contributed by atoms with Crippen molar-refractivity contribution in [1.29, 1.82) is 0 Å². The van der Waals surface area contributed by atoms with E-state index < -0.39 is 10.7 Å². The molecule has 0 amide bonds. The second-order valence-electron chi connectivity index (χ2n) is 16.5. The predicted octanol–water partition coefficient (Wildman–Crippen LogP) is 5.72. The number of halogens is 1. The van der Waals surface area contributed by atoms with Crippen LogP contribution < -0.4 is 20.9 Å². The van der Waals surface area contributed by atoms with E-state index in [0.717, 1.165) is 166 Å². The normalized spacial score (nSPS) is 20.6. The predicted molar refractivity (Wildman–Crippen MR) is 247 cm³/mol. The average Bonchev–Trinajstić information content (AvgIpc) is 3.34. The number of non-ortho nitro benzene ring substituents is 2. The molecule has 6 aliphatic rings. The Balaban J connectivity index is 0.000000193. The number of nitrogen functional groups attached to an aromatic ring is 1. The van der Waals surface area contributed by atoms with E-state index in [1.165, 1.54) is 44.5 Å². The number of ether oxygens (including phenoxy) is 3. The molecule has 0 saturated carbocycles. The number of piperidine rings is 3. The molecule has 6 fully saturated rings. The molecule has 0 aromatic heterocycles. The summed E-state index contributed by atoms with van der Waals surface area (Å²) in [6, 6.07) is 21.7. The molecule has 3 aromatic carbocycles. The maximum atomic E-state index is 12.1. The van der Waals surface area contributed by atoms with Gasteiger partial charge in [-0.1, -0.05) is 0 Å². The van der Waals surface area contributed by atoms with E-state index >= 15 is 0 Å². The SMILES string of the molecule is C1CC(N2CCOCC2)CCN1.Nc1ccc(N2CCC(N3CCOCC3)CC2)cc1.O=[N+]([O-])c1ccc(F)cc1.O=[N+]([O-])c1ccc(N2CCC(N3CCOCC3)CC2)cc1.[CH3-].[Pd]. The Labute approximate surface area is 392 Å². The van der Waals surface area contributed by atoms with Crippen LogP contribution in [0.2, 0.25) is 0 Å². The van der Waals surface area contributed by atoms with Gasteiger partial charge in [-0.15, -0.1) is 0 Å². The number of nitro groups is 2. The summed E-state index contributed by atoms with van der Waals surface area (Å²) in [7, 11) is 0. The maximum Gasteiger partial charge on any atom is 0.269 e. The third-order valence-electron chi connectivity index (χ3n) is 12.6. The zero-order valence-electron chi connectivity index (χ0n) is 37.4. The molecule has 0 aliphatic carbocycles. The van der Waals surface area contributed by atoms with Crippen molar-refractivity contribution in [1.82, 2.24) is 20.0 Å². The Kier molecular flexibility index (Phi) is 23.3. The summed E-state index contributed by atoms with van der Waals surface area (Å²) in [5, 5.41) is 24.1. The summed E-state index contributed by atoms with van der Waals surface area (Å²) >= 11 is 0. The largest absolute Gasteiger partial charge is 0.399 e. The number of rotatable bonds is 7. The Hall–Kier alpha value is -3.83. The number of morpholine rings is 3. The average molecular weight is 986 g/mol. The molecule has 0 atom stereocenters. The molecular weight excluding hydrogens is 916 g/mol. The monoisotopic (exact) mass is 984 g/mol. The first kappa shape index (κ1) is 52.8. The fraction of sp³-hybridized carbons (Fsp3) is 0.587. The van der Waals surface area contributed by atoms with Crippen LogP contribution in [0.3, 0.4) is 0 Å². The zero-order valence-corrected chi connectivity index (χ0v) is 38.9. The van der Waals surface area contributed by atoms with E-state index in [-0.39, 0.29) is 44.1 Å². The minimum absolute atomic E-state index is 0. The number of nitrogens with two attached hydrogens (primary N) is 1. The molecule has 6 heterocycles. The first-order valence-electron chi connectivity index (χ1n) is 22.4. The first-order valence-corrected chi connectivity index (χ1v) is 22.4. The van der Waals surface area contributed by atoms with Gasteiger partial charge in [-0.3, -0.25) is 34.9 Å². The molecule has 0 unspecified atom stereocenters. The Morgan fingerprint density at radius 3 is 1.17 bits per heavy atom. The fourth-order valence-electron chi connectivity index (χ4n) is 9.01. The Bertz CT molecular complexity index is 1730. The number of nitro benzene ring substituents is 2. The molecule has 6 aliphatic heterocycles. The summed E-state index contributed by atoms with van der Waals surface area (Å²) in [6.45, 7) is 18.7. The molecule has 3 aromatic rings. The summed E-state index contributed by atoms with van der Waals surface area (Å²) in [4.78, 5) is 32.3. The Morgan fingerprint density at radius 2 is 0.828 bits per heavy atom. The number of nitrogens with zero attached hydrogens (tertiary/aromatic N) is 7. The van der Waals surface area contributed by atoms with Gasteiger partial charge in [0.05, 0.1) is 49.5 Å². The van der Waals surface area contributed by atoms with Crippen molar-refractivity contribution < 1.29 is 48.9 Å². The Morgan fingerprint density at radius 1 is 0.516 bits per heavy atom. The smallest absolute Gasteiger partial charge is 0.269 e. The van der Waals surface area contributed by atoms with Gasteiger partial charge in [-0.05, 0) is 100 Å². The van der Waals surface area contributed by atoms with Crippen LogP contribution in [0.5, 0.6) is 0 Å². The standard InChI is InChI=1S/C15H21N3O3.C15H23N3O.C9H18N2O.C6H4FNO2.CH3.Pd/c19-18(20)15-3-1-13(2-4-15)16-7-5-14(6-8-16)17-9-11-21-12-10-17;16-13-1-3-14(4-2-13)17-7-5-15(6-8-17)18-9-11-19-12-10-18;1-3-10-4-2-9(1)11-5-7-12-8-6-11;7-5-1-3-6(4-2-5)8(9)10;;/h1-4,14H,5-12H2;1-4,15H,5-12,16H2;9-10H,1-8H2;1-4H;1H3;/q;;;;-1;. The van der Waals surface area contributed by atoms with E-state index in [1.807, 2.05) is 24.3 Å². The van der Waals surface area contributed by atoms with Crippen LogP contribution in [-0.4, -0.2) is 161 Å². The van der Waals surface area contributed by atoms with E-state index in [4.69, 9.17) is 19.9 Å². The van der Waals surface area contributed by atoms with E-state index in [9.17, 15) is 24.6 Å². The van der Waals surface area contributed by atoms with Gasteiger partial charge in [0, 0.05) is 145 Å². The van der Waals surface area contributed by atoms with Crippen molar-refractivity contribution in [2.75, 3.05) is 134 Å². The summed E-state index contributed by atoms with van der Waals surface area (Å²) in [5.74, 6) is -0.467. The van der Waals surface area contributed by atoms with Crippen molar-refractivity contribution in [3.63, 3.8) is 0 Å². The van der Waals surface area contributed by atoms with Crippen molar-refractivity contribution in [2.24, 2.45) is 0 Å². The van der Waals surface area contributed by atoms with Gasteiger partial charge in [0.1, 0.15) is 5.82 Å². The van der Waals surface area contributed by atoms with Crippen molar-refractivity contribution in [2.45, 2.75) is 56.7 Å². The molecule has 0 radical (unpaired) electrons. The van der Waals surface area contributed by atoms with Gasteiger partial charge in [-0.2, -0.15) is 0 Å². The van der Waals surface area contributed by atoms with Gasteiger partial charge in [0.25, 0.3) is 11.4 Å². The molecule has 3 N–H and O–H groups in total. The maximum absolute atomic E-state index is 12.1. The molecule has 18 heteroatoms. The van der Waals surface area contributed by atoms with Crippen LogP contribution in [0.25, 0.3) is 0 Å². The number of nitrogens with one attached hydrogen (secondary N) is 1. The minimum Gasteiger partial charge on any atom is -0.399 e. The minimum atomic E-state index is -0.570. The van der Waals surface area contributed by atoms with Gasteiger partial charge in [-0.25, -0.2) is 4.39 Å². The second-order valence-corrected chi connectivity index (χ2v) is 16.5. The van der Waals surface area contributed by atoms with Gasteiger partial charge in [0.2, 0.25) is 0 Å². The molecule has 0 bridgehead atoms. The third kappa shape index (κ3) is 16.9. The van der Waals surface area contributed by atoms with Gasteiger partial charge >= 0.3 is 0 Å². The van der Waals surface area contributed by atoms with Crippen LogP contribution in [0.4, 0.5) is 32.8 Å². The zero-order chi connectivity index (χ0) is 43.5. The summed E-state index contributed by atoms with van der Waals surface area (Å²) in [5.41, 5.74) is 9.02. The molecule has 64 heavy (non-hydrogen) atoms. The molecule has 358 valence electrons. The first-order chi connectivity index (χ1) is 30.2. The van der Waals surface area contributed by atoms with Gasteiger partial charge in [0.15, 0.2) is 0 Å². The van der Waals surface area contributed by atoms with Crippen LogP contribution in [-0.2, 0) is 34.6 Å². The summed E-state index contributed by atoms with van der Waals surface area (Å²) < 4.78 is 28.3. The van der Waals surface area contributed by atoms with E-state index in [1.54, 1.807) is 12.1 Å². The fourth-order valence-corrected chi connectivity index (χ4v) is 9.01. The number of anilines is 3. The topological polar surface area (TPSA) is 168 Å². The van der Waals surface area contributed by atoms with Crippen LogP contribution >= 0.6 is 0 Å².